The van der Waals surface area contributed by atoms with Gasteiger partial charge < -0.3 is 14.5 Å². The van der Waals surface area contributed by atoms with Crippen LogP contribution in [0.2, 0.25) is 0 Å². The van der Waals surface area contributed by atoms with Crippen LogP contribution in [0.3, 0.4) is 0 Å². The Bertz CT molecular complexity index is 580. The van der Waals surface area contributed by atoms with Gasteiger partial charge in [-0.15, -0.1) is 0 Å². The van der Waals surface area contributed by atoms with Gasteiger partial charge in [0.15, 0.2) is 0 Å². The van der Waals surface area contributed by atoms with Crippen LogP contribution in [0.15, 0.2) is 45.7 Å². The Labute approximate surface area is 121 Å². The van der Waals surface area contributed by atoms with Gasteiger partial charge in [0.05, 0.1) is 35.1 Å². The Morgan fingerprint density at radius 3 is 2.70 bits per heavy atom. The minimum atomic E-state index is -1.18. The first-order valence-corrected chi connectivity index (χ1v) is 7.86. The van der Waals surface area contributed by atoms with E-state index < -0.39 is 10.8 Å². The molecule has 0 bridgehead atoms. The predicted octanol–water partition coefficient (Wildman–Crippen LogP) is 2.71. The summed E-state index contributed by atoms with van der Waals surface area (Å²) in [4.78, 5) is 0.694. The molecule has 1 aromatic carbocycles. The van der Waals surface area contributed by atoms with Gasteiger partial charge in [0, 0.05) is 0 Å². The minimum absolute atomic E-state index is 0.354. The third-order valence-corrected chi connectivity index (χ3v) is 4.23. The Kier molecular flexibility index (Phi) is 5.38. The summed E-state index contributed by atoms with van der Waals surface area (Å²) in [6.07, 6.45) is 0. The first-order chi connectivity index (χ1) is 9.74. The smallest absolute Gasteiger partial charge is 0.134 e. The molecule has 1 atom stereocenters. The van der Waals surface area contributed by atoms with E-state index in [2.05, 4.69) is 5.32 Å². The van der Waals surface area contributed by atoms with E-state index in [0.29, 0.717) is 22.9 Å². The number of furan rings is 1. The van der Waals surface area contributed by atoms with Crippen molar-refractivity contribution in [2.45, 2.75) is 24.1 Å². The molecule has 0 aliphatic carbocycles. The molecule has 0 fully saturated rings. The fourth-order valence-corrected chi connectivity index (χ4v) is 3.03. The second-order valence-corrected chi connectivity index (χ2v) is 5.71. The molecule has 1 heterocycles. The number of hydrogen-bond donors (Lipinski definition) is 1. The van der Waals surface area contributed by atoms with Crippen molar-refractivity contribution < 1.29 is 13.4 Å². The highest BCUT2D eigenvalue weighted by Gasteiger charge is 2.12. The maximum Gasteiger partial charge on any atom is 0.134 e. The molecular weight excluding hydrogens is 274 g/mol. The Morgan fingerprint density at radius 1 is 1.20 bits per heavy atom. The Hall–Kier alpha value is -1.59. The molecule has 1 aromatic heterocycles. The Balaban J connectivity index is 2.05. The molecule has 0 saturated heterocycles. The van der Waals surface area contributed by atoms with Crippen LogP contribution < -0.4 is 10.1 Å². The van der Waals surface area contributed by atoms with Gasteiger partial charge in [-0.05, 0) is 30.8 Å². The highest BCUT2D eigenvalue weighted by Crippen LogP contribution is 2.23. The standard InChI is InChI=1S/C15H19NO3S/c1-3-16-10-12-8-9-13(19-12)11-20(17)15-7-5-4-6-14(15)18-2/h4-9,16H,3,10-11H2,1-2H3. The van der Waals surface area contributed by atoms with Crippen LogP contribution >= 0.6 is 0 Å². The van der Waals surface area contributed by atoms with Gasteiger partial charge in [-0.3, -0.25) is 4.21 Å². The number of ether oxygens (including phenoxy) is 1. The lowest BCUT2D eigenvalue weighted by Crippen LogP contribution is -2.10. The second-order valence-electron chi connectivity index (χ2n) is 4.29. The summed E-state index contributed by atoms with van der Waals surface area (Å²) in [7, 11) is 0.403. The number of benzene rings is 1. The van der Waals surface area contributed by atoms with Crippen molar-refractivity contribution in [3.8, 4) is 5.75 Å². The van der Waals surface area contributed by atoms with Crippen LogP contribution in [0.4, 0.5) is 0 Å². The summed E-state index contributed by atoms with van der Waals surface area (Å²) >= 11 is 0. The van der Waals surface area contributed by atoms with Crippen LogP contribution in [-0.4, -0.2) is 17.9 Å². The van der Waals surface area contributed by atoms with Gasteiger partial charge in [-0.1, -0.05) is 19.1 Å². The van der Waals surface area contributed by atoms with Gasteiger partial charge in [-0.25, -0.2) is 0 Å². The third kappa shape index (κ3) is 3.71. The number of para-hydroxylation sites is 1. The quantitative estimate of drug-likeness (QED) is 0.853. The van der Waals surface area contributed by atoms with Crippen molar-refractivity contribution in [1.29, 1.82) is 0 Å². The molecular formula is C15H19NO3S. The SMILES string of the molecule is CCNCc1ccc(CS(=O)c2ccccc2OC)o1. The summed E-state index contributed by atoms with van der Waals surface area (Å²) in [5, 5.41) is 3.19. The van der Waals surface area contributed by atoms with Crippen LogP contribution in [0.1, 0.15) is 18.4 Å². The lowest BCUT2D eigenvalue weighted by molar-refractivity contribution is 0.404. The van der Waals surface area contributed by atoms with Crippen LogP contribution in [0, 0.1) is 0 Å². The normalized spacial score (nSPS) is 12.3. The van der Waals surface area contributed by atoms with E-state index in [1.54, 1.807) is 7.11 Å². The largest absolute Gasteiger partial charge is 0.495 e. The zero-order valence-corrected chi connectivity index (χ0v) is 12.5. The van der Waals surface area contributed by atoms with Crippen molar-refractivity contribution in [3.05, 3.63) is 47.9 Å². The fraction of sp³-hybridized carbons (Fsp3) is 0.333. The van der Waals surface area contributed by atoms with E-state index >= 15 is 0 Å². The highest BCUT2D eigenvalue weighted by atomic mass is 32.2. The molecule has 0 aliphatic rings. The molecule has 1 N–H and O–H groups in total. The molecule has 2 rings (SSSR count). The van der Waals surface area contributed by atoms with E-state index in [1.807, 2.05) is 43.3 Å². The van der Waals surface area contributed by atoms with Crippen molar-refractivity contribution in [3.63, 3.8) is 0 Å². The fourth-order valence-electron chi connectivity index (χ4n) is 1.86. The maximum atomic E-state index is 12.4. The van der Waals surface area contributed by atoms with Crippen LogP contribution in [0.5, 0.6) is 5.75 Å². The average molecular weight is 293 g/mol. The minimum Gasteiger partial charge on any atom is -0.495 e. The molecule has 0 spiro atoms. The molecule has 0 radical (unpaired) electrons. The van der Waals surface area contributed by atoms with Gasteiger partial charge in [0.25, 0.3) is 0 Å². The van der Waals surface area contributed by atoms with Crippen LogP contribution in [-0.2, 0) is 23.1 Å². The molecule has 0 saturated carbocycles. The maximum absolute atomic E-state index is 12.4. The number of rotatable bonds is 7. The molecule has 2 aromatic rings. The van der Waals surface area contributed by atoms with Gasteiger partial charge in [0.2, 0.25) is 0 Å². The summed E-state index contributed by atoms with van der Waals surface area (Å²) in [6, 6.07) is 11.1. The molecule has 20 heavy (non-hydrogen) atoms. The first kappa shape index (κ1) is 14.8. The Morgan fingerprint density at radius 2 is 1.95 bits per heavy atom. The summed E-state index contributed by atoms with van der Waals surface area (Å²) in [5.41, 5.74) is 0. The van der Waals surface area contributed by atoms with E-state index in [4.69, 9.17) is 9.15 Å². The van der Waals surface area contributed by atoms with Gasteiger partial charge in [-0.2, -0.15) is 0 Å². The number of methoxy groups -OCH3 is 1. The predicted molar refractivity (Wildman–Crippen MR) is 79.2 cm³/mol. The molecule has 0 aliphatic heterocycles. The zero-order valence-electron chi connectivity index (χ0n) is 11.7. The molecule has 0 amide bonds. The number of nitrogens with one attached hydrogen (secondary N) is 1. The van der Waals surface area contributed by atoms with Crippen molar-refractivity contribution >= 4 is 10.8 Å². The summed E-state index contributed by atoms with van der Waals surface area (Å²) in [6.45, 7) is 3.63. The van der Waals surface area contributed by atoms with Gasteiger partial charge in [0.1, 0.15) is 17.3 Å². The van der Waals surface area contributed by atoms with Crippen LogP contribution in [0.25, 0.3) is 0 Å². The topological polar surface area (TPSA) is 51.5 Å². The third-order valence-electron chi connectivity index (χ3n) is 2.85. The first-order valence-electron chi connectivity index (χ1n) is 6.54. The summed E-state index contributed by atoms with van der Waals surface area (Å²) < 4.78 is 23.3. The lowest BCUT2D eigenvalue weighted by atomic mass is 10.3. The molecule has 108 valence electrons. The molecule has 5 heteroatoms. The zero-order chi connectivity index (χ0) is 14.4. The van der Waals surface area contributed by atoms with Gasteiger partial charge >= 0.3 is 0 Å². The monoisotopic (exact) mass is 293 g/mol. The summed E-state index contributed by atoms with van der Waals surface area (Å²) in [5.74, 6) is 2.58. The second kappa shape index (κ2) is 7.26. The van der Waals surface area contributed by atoms with Crippen molar-refractivity contribution in [2.75, 3.05) is 13.7 Å². The van der Waals surface area contributed by atoms with E-state index in [-0.39, 0.29) is 0 Å². The highest BCUT2D eigenvalue weighted by molar-refractivity contribution is 7.84. The lowest BCUT2D eigenvalue weighted by Gasteiger charge is -2.06. The van der Waals surface area contributed by atoms with E-state index in [0.717, 1.165) is 18.1 Å². The average Bonchev–Trinajstić information content (AvgIpc) is 2.92. The molecule has 4 nitrogen and oxygen atoms in total. The van der Waals surface area contributed by atoms with E-state index in [1.165, 1.54) is 0 Å². The van der Waals surface area contributed by atoms with Crippen molar-refractivity contribution in [2.24, 2.45) is 0 Å². The van der Waals surface area contributed by atoms with E-state index in [9.17, 15) is 4.21 Å². The van der Waals surface area contributed by atoms with Crippen molar-refractivity contribution in [1.82, 2.24) is 5.32 Å². The number of hydrogen-bond acceptors (Lipinski definition) is 4. The molecule has 1 unspecified atom stereocenters.